The lowest BCUT2D eigenvalue weighted by atomic mass is 9.98. The van der Waals surface area contributed by atoms with Crippen molar-refractivity contribution in [2.75, 3.05) is 0 Å². The number of alkyl halides is 2. The third-order valence-corrected chi connectivity index (χ3v) is 8.58. The summed E-state index contributed by atoms with van der Waals surface area (Å²) < 4.78 is 0.769. The van der Waals surface area contributed by atoms with E-state index in [1.54, 1.807) is 0 Å². The van der Waals surface area contributed by atoms with Crippen LogP contribution in [0.15, 0.2) is 97.1 Å². The molecular weight excluding hydrogens is 578 g/mol. The van der Waals surface area contributed by atoms with Crippen molar-refractivity contribution in [1.82, 2.24) is 0 Å². The number of benzene rings is 4. The maximum atomic E-state index is 2.56. The van der Waals surface area contributed by atoms with Gasteiger partial charge in [0, 0.05) is 0 Å². The van der Waals surface area contributed by atoms with Crippen molar-refractivity contribution in [1.29, 1.82) is 0 Å². The third kappa shape index (κ3) is 3.77. The minimum Gasteiger partial charge on any atom is -0.0722 e. The van der Waals surface area contributed by atoms with Crippen molar-refractivity contribution in [3.05, 3.63) is 130 Å². The summed E-state index contributed by atoms with van der Waals surface area (Å²) in [6, 6.07) is 35.6. The van der Waals surface area contributed by atoms with Gasteiger partial charge in [-0.05, 0) is 50.9 Å². The Bertz CT molecular complexity index is 1060. The molecule has 29 heavy (non-hydrogen) atoms. The van der Waals surface area contributed by atoms with Crippen LogP contribution in [0.3, 0.4) is 0 Å². The number of fused-ring (bicyclic) bond motifs is 3. The van der Waals surface area contributed by atoms with Gasteiger partial charge in [-0.2, -0.15) is 0 Å². The zero-order chi connectivity index (χ0) is 19.8. The number of hydrogen-bond donors (Lipinski definition) is 0. The van der Waals surface area contributed by atoms with Crippen molar-refractivity contribution in [3.8, 4) is 11.1 Å². The topological polar surface area (TPSA) is 0 Å². The summed E-state index contributed by atoms with van der Waals surface area (Å²) in [6.45, 7) is 0. The smallest absolute Gasteiger partial charge is 0.0608 e. The van der Waals surface area contributed by atoms with Crippen molar-refractivity contribution in [2.24, 2.45) is 0 Å². The normalized spacial score (nSPS) is 14.1. The van der Waals surface area contributed by atoms with Crippen LogP contribution in [0.25, 0.3) is 11.1 Å². The van der Waals surface area contributed by atoms with Gasteiger partial charge in [-0.1, -0.05) is 142 Å². The van der Waals surface area contributed by atoms with Gasteiger partial charge in [0.25, 0.3) is 0 Å². The molecule has 142 valence electrons. The lowest BCUT2D eigenvalue weighted by Gasteiger charge is -2.13. The van der Waals surface area contributed by atoms with Gasteiger partial charge in [-0.15, -0.1) is 0 Å². The highest BCUT2D eigenvalue weighted by molar-refractivity contribution is 14.1. The third-order valence-electron chi connectivity index (χ3n) is 5.70. The fourth-order valence-corrected chi connectivity index (χ4v) is 5.80. The van der Waals surface area contributed by atoms with Crippen LogP contribution in [0, 0.1) is 0 Å². The van der Waals surface area contributed by atoms with Crippen molar-refractivity contribution >= 4 is 45.2 Å². The van der Waals surface area contributed by atoms with Crippen molar-refractivity contribution in [3.63, 3.8) is 0 Å². The molecule has 2 atom stereocenters. The molecule has 1 aliphatic rings. The summed E-state index contributed by atoms with van der Waals surface area (Å²) in [5.74, 6) is 0. The lowest BCUT2D eigenvalue weighted by Crippen LogP contribution is -1.94. The molecule has 0 radical (unpaired) electrons. The SMILES string of the molecule is IC(c1ccccc1)c1ccc2c(c1)Cc1cc(C(I)c3ccccc3)ccc1-2. The Balaban J connectivity index is 1.45. The van der Waals surface area contributed by atoms with Gasteiger partial charge in [-0.3, -0.25) is 0 Å². The fraction of sp³-hybridized carbons (Fsp3) is 0.111. The zero-order valence-electron chi connectivity index (χ0n) is 15.9. The van der Waals surface area contributed by atoms with E-state index in [-0.39, 0.29) is 0 Å². The molecule has 4 aromatic carbocycles. The molecule has 2 unspecified atom stereocenters. The van der Waals surface area contributed by atoms with Crippen LogP contribution < -0.4 is 0 Å². The largest absolute Gasteiger partial charge is 0.0722 e. The molecule has 0 saturated heterocycles. The summed E-state index contributed by atoms with van der Waals surface area (Å²) in [6.07, 6.45) is 1.03. The van der Waals surface area contributed by atoms with Gasteiger partial charge in [0.05, 0.1) is 7.85 Å². The van der Waals surface area contributed by atoms with Gasteiger partial charge in [-0.25, -0.2) is 0 Å². The van der Waals surface area contributed by atoms with Crippen LogP contribution in [-0.4, -0.2) is 0 Å². The second kappa shape index (κ2) is 8.23. The second-order valence-corrected chi connectivity index (χ2v) is 10.0. The minimum absolute atomic E-state index is 0.384. The van der Waals surface area contributed by atoms with E-state index in [1.807, 2.05) is 0 Å². The van der Waals surface area contributed by atoms with E-state index in [9.17, 15) is 0 Å². The van der Waals surface area contributed by atoms with Gasteiger partial charge in [0.1, 0.15) is 0 Å². The summed E-state index contributed by atoms with van der Waals surface area (Å²) in [7, 11) is 0. The first-order valence-electron chi connectivity index (χ1n) is 9.85. The highest BCUT2D eigenvalue weighted by Gasteiger charge is 2.22. The van der Waals surface area contributed by atoms with E-state index in [0.717, 1.165) is 6.42 Å². The predicted octanol–water partition coefficient (Wildman–Crippen LogP) is 8.31. The summed E-state index contributed by atoms with van der Waals surface area (Å²) in [5.41, 5.74) is 11.2. The molecule has 0 spiro atoms. The molecule has 0 saturated carbocycles. The molecule has 0 aromatic heterocycles. The second-order valence-electron chi connectivity index (χ2n) is 7.56. The Morgan fingerprint density at radius 1 is 0.483 bits per heavy atom. The first-order valence-corrected chi connectivity index (χ1v) is 12.3. The molecule has 0 fully saturated rings. The van der Waals surface area contributed by atoms with E-state index >= 15 is 0 Å². The first kappa shape index (κ1) is 19.3. The molecule has 1 aliphatic carbocycles. The van der Waals surface area contributed by atoms with E-state index in [0.29, 0.717) is 7.85 Å². The van der Waals surface area contributed by atoms with Gasteiger partial charge in [0.15, 0.2) is 0 Å². The molecule has 4 aromatic rings. The van der Waals surface area contributed by atoms with Crippen LogP contribution in [0.5, 0.6) is 0 Å². The van der Waals surface area contributed by atoms with Crippen LogP contribution in [0.4, 0.5) is 0 Å². The molecule has 0 amide bonds. The summed E-state index contributed by atoms with van der Waals surface area (Å²) in [4.78, 5) is 0. The summed E-state index contributed by atoms with van der Waals surface area (Å²) >= 11 is 5.12. The van der Waals surface area contributed by atoms with Crippen LogP contribution in [0.1, 0.15) is 41.2 Å². The average Bonchev–Trinajstić information content (AvgIpc) is 3.16. The van der Waals surface area contributed by atoms with Crippen LogP contribution in [-0.2, 0) is 6.42 Å². The average molecular weight is 598 g/mol. The Morgan fingerprint density at radius 3 is 1.31 bits per heavy atom. The molecular formula is C27H20I2. The molecule has 0 bridgehead atoms. The van der Waals surface area contributed by atoms with E-state index in [2.05, 4.69) is 142 Å². The molecule has 0 N–H and O–H groups in total. The molecule has 5 rings (SSSR count). The van der Waals surface area contributed by atoms with Crippen molar-refractivity contribution < 1.29 is 0 Å². The predicted molar refractivity (Wildman–Crippen MR) is 139 cm³/mol. The van der Waals surface area contributed by atoms with Crippen LogP contribution in [0.2, 0.25) is 0 Å². The molecule has 0 aliphatic heterocycles. The maximum Gasteiger partial charge on any atom is 0.0608 e. The Hall–Kier alpha value is -1.66. The van der Waals surface area contributed by atoms with E-state index in [1.165, 1.54) is 44.5 Å². The molecule has 2 heteroatoms. The monoisotopic (exact) mass is 598 g/mol. The highest BCUT2D eigenvalue weighted by Crippen LogP contribution is 2.42. The Kier molecular flexibility index (Phi) is 5.48. The van der Waals surface area contributed by atoms with Gasteiger partial charge >= 0.3 is 0 Å². The summed E-state index contributed by atoms with van der Waals surface area (Å²) in [5, 5.41) is 0. The number of rotatable bonds is 4. The minimum atomic E-state index is 0.384. The number of halogens is 2. The number of hydrogen-bond acceptors (Lipinski definition) is 0. The maximum absolute atomic E-state index is 2.56. The standard InChI is InChI=1S/C27H20I2/c28-26(18-7-3-1-4-8-18)20-11-13-24-22(15-20)17-23-16-21(12-14-25(23)24)27(29)19-9-5-2-6-10-19/h1-16,26-27H,17H2. The Labute approximate surface area is 199 Å². The van der Waals surface area contributed by atoms with E-state index in [4.69, 9.17) is 0 Å². The first-order chi connectivity index (χ1) is 14.2. The highest BCUT2D eigenvalue weighted by atomic mass is 127. The zero-order valence-corrected chi connectivity index (χ0v) is 20.2. The van der Waals surface area contributed by atoms with Gasteiger partial charge < -0.3 is 0 Å². The fourth-order valence-electron chi connectivity index (χ4n) is 4.19. The molecule has 0 heterocycles. The molecule has 0 nitrogen and oxygen atoms in total. The van der Waals surface area contributed by atoms with E-state index < -0.39 is 0 Å². The van der Waals surface area contributed by atoms with Crippen molar-refractivity contribution in [2.45, 2.75) is 14.3 Å². The quantitative estimate of drug-likeness (QED) is 0.144. The lowest BCUT2D eigenvalue weighted by molar-refractivity contribution is 1.16. The Morgan fingerprint density at radius 2 is 0.897 bits per heavy atom. The van der Waals surface area contributed by atoms with Gasteiger partial charge in [0.2, 0.25) is 0 Å². The van der Waals surface area contributed by atoms with Crippen LogP contribution >= 0.6 is 45.2 Å².